The predicted molar refractivity (Wildman–Crippen MR) is 55.6 cm³/mol. The minimum absolute atomic E-state index is 0.616. The van der Waals surface area contributed by atoms with Gasteiger partial charge in [0, 0.05) is 0 Å². The van der Waals surface area contributed by atoms with Crippen molar-refractivity contribution in [3.8, 4) is 0 Å². The topological polar surface area (TPSA) is 72.2 Å². The van der Waals surface area contributed by atoms with Gasteiger partial charge in [0.2, 0.25) is 10.0 Å². The van der Waals surface area contributed by atoms with Gasteiger partial charge in [0.05, 0.1) is 6.26 Å². The van der Waals surface area contributed by atoms with Gasteiger partial charge in [-0.15, -0.1) is 0 Å². The Morgan fingerprint density at radius 2 is 1.86 bits per heavy atom. The molecule has 0 bridgehead atoms. The molecule has 0 fully saturated rings. The maximum absolute atomic E-state index is 11.0. The van der Waals surface area contributed by atoms with Crippen LogP contribution in [0.2, 0.25) is 0 Å². The number of rotatable bonds is 3. The molecule has 1 aromatic carbocycles. The van der Waals surface area contributed by atoms with Gasteiger partial charge in [-0.05, 0) is 12.5 Å². The predicted octanol–water partition coefficient (Wildman–Crippen LogP) is 0.181. The molecule has 1 rings (SSSR count). The van der Waals surface area contributed by atoms with Gasteiger partial charge in [-0.25, -0.2) is 8.42 Å². The molecule has 0 saturated carbocycles. The number of hydrogen-bond donors (Lipinski definition) is 2. The van der Waals surface area contributed by atoms with Gasteiger partial charge >= 0.3 is 0 Å². The van der Waals surface area contributed by atoms with E-state index in [4.69, 9.17) is 5.73 Å². The number of benzene rings is 1. The van der Waals surface area contributed by atoms with Crippen LogP contribution < -0.4 is 10.5 Å². The zero-order valence-corrected chi connectivity index (χ0v) is 8.71. The molecule has 1 unspecified atom stereocenters. The fourth-order valence-electron chi connectivity index (χ4n) is 1.13. The molecule has 4 nitrogen and oxygen atoms in total. The van der Waals surface area contributed by atoms with E-state index in [1.54, 1.807) is 24.3 Å². The molecule has 3 N–H and O–H groups in total. The maximum Gasteiger partial charge on any atom is 0.210 e. The van der Waals surface area contributed by atoms with Crippen molar-refractivity contribution in [3.63, 3.8) is 0 Å². The number of hydrogen-bond acceptors (Lipinski definition) is 3. The summed E-state index contributed by atoms with van der Waals surface area (Å²) in [4.78, 5) is 0. The van der Waals surface area contributed by atoms with E-state index in [0.717, 1.165) is 6.26 Å². The van der Waals surface area contributed by atoms with Crippen LogP contribution in [-0.4, -0.2) is 14.7 Å². The summed E-state index contributed by atoms with van der Waals surface area (Å²) in [6.45, 7) is 3.61. The van der Waals surface area contributed by atoms with Crippen molar-refractivity contribution in [2.24, 2.45) is 5.73 Å². The Morgan fingerprint density at radius 1 is 1.36 bits per heavy atom. The van der Waals surface area contributed by atoms with E-state index in [2.05, 4.69) is 11.6 Å². The average Bonchev–Trinajstić information content (AvgIpc) is 2.01. The van der Waals surface area contributed by atoms with Crippen molar-refractivity contribution in [1.82, 2.24) is 4.72 Å². The Morgan fingerprint density at radius 3 is 2.29 bits per heavy atom. The van der Waals surface area contributed by atoms with Crippen LogP contribution >= 0.6 is 0 Å². The highest BCUT2D eigenvalue weighted by molar-refractivity contribution is 7.88. The second kappa shape index (κ2) is 3.68. The molecule has 0 amide bonds. The van der Waals surface area contributed by atoms with Crippen LogP contribution in [0.4, 0.5) is 0 Å². The first-order valence-electron chi connectivity index (χ1n) is 4.00. The van der Waals surface area contributed by atoms with Crippen LogP contribution in [0.15, 0.2) is 30.3 Å². The molecule has 14 heavy (non-hydrogen) atoms. The molecule has 0 aliphatic rings. The molecule has 0 aliphatic heterocycles. The van der Waals surface area contributed by atoms with E-state index in [-0.39, 0.29) is 0 Å². The van der Waals surface area contributed by atoms with Crippen LogP contribution in [0.5, 0.6) is 0 Å². The van der Waals surface area contributed by atoms with Gasteiger partial charge in [0.25, 0.3) is 0 Å². The first-order valence-corrected chi connectivity index (χ1v) is 5.89. The molecule has 1 atom stereocenters. The van der Waals surface area contributed by atoms with Crippen LogP contribution in [0.25, 0.3) is 0 Å². The van der Waals surface area contributed by atoms with Gasteiger partial charge in [0.1, 0.15) is 5.66 Å². The fourth-order valence-corrected chi connectivity index (χ4v) is 1.90. The highest BCUT2D eigenvalue weighted by Crippen LogP contribution is 2.13. The van der Waals surface area contributed by atoms with Crippen molar-refractivity contribution in [1.29, 1.82) is 0 Å². The summed E-state index contributed by atoms with van der Waals surface area (Å²) in [6.07, 6.45) is 1.04. The van der Waals surface area contributed by atoms with Crippen molar-refractivity contribution < 1.29 is 8.42 Å². The van der Waals surface area contributed by atoms with Gasteiger partial charge in [-0.2, -0.15) is 4.72 Å². The summed E-state index contributed by atoms with van der Waals surface area (Å²) >= 11 is 0. The minimum atomic E-state index is -3.37. The van der Waals surface area contributed by atoms with Crippen molar-refractivity contribution in [3.05, 3.63) is 42.8 Å². The van der Waals surface area contributed by atoms with Gasteiger partial charge in [-0.3, -0.25) is 0 Å². The van der Waals surface area contributed by atoms with E-state index < -0.39 is 15.7 Å². The summed E-state index contributed by atoms with van der Waals surface area (Å²) < 4.78 is 24.2. The normalized spacial score (nSPS) is 16.2. The Balaban J connectivity index is 2.97. The molecule has 5 heteroatoms. The number of nitrogens with one attached hydrogen (secondary N) is 1. The molecule has 0 heterocycles. The quantitative estimate of drug-likeness (QED) is 0.704. The van der Waals surface area contributed by atoms with Crippen LogP contribution in [0, 0.1) is 6.92 Å². The molecule has 77 valence electrons. The molecular weight excluding hydrogens is 200 g/mol. The van der Waals surface area contributed by atoms with Crippen molar-refractivity contribution in [2.75, 3.05) is 6.26 Å². The number of nitrogens with two attached hydrogens (primary N) is 1. The van der Waals surface area contributed by atoms with Gasteiger partial charge < -0.3 is 5.73 Å². The average molecular weight is 213 g/mol. The highest BCUT2D eigenvalue weighted by Gasteiger charge is 2.24. The monoisotopic (exact) mass is 213 g/mol. The second-order valence-corrected chi connectivity index (χ2v) is 4.96. The van der Waals surface area contributed by atoms with E-state index in [1.807, 2.05) is 6.07 Å². The summed E-state index contributed by atoms with van der Waals surface area (Å²) in [5.41, 5.74) is 5.03. The Hall–Kier alpha value is -0.910. The van der Waals surface area contributed by atoms with Gasteiger partial charge in [-0.1, -0.05) is 30.3 Å². The van der Waals surface area contributed by atoms with Crippen LogP contribution in [-0.2, 0) is 15.7 Å². The van der Waals surface area contributed by atoms with E-state index >= 15 is 0 Å². The van der Waals surface area contributed by atoms with Crippen LogP contribution in [0.1, 0.15) is 5.56 Å². The first kappa shape index (κ1) is 11.2. The third-order valence-corrected chi connectivity index (χ3v) is 2.39. The SMILES string of the molecule is [CH2]C(N)(NS(C)(=O)=O)c1ccccc1. The zero-order chi connectivity index (χ0) is 10.8. The lowest BCUT2D eigenvalue weighted by Gasteiger charge is -2.25. The lowest BCUT2D eigenvalue weighted by molar-refractivity contribution is 0.497. The third kappa shape index (κ3) is 3.10. The standard InChI is InChI=1S/C9H13N2O2S/c1-9(10,11-14(2,12)13)8-6-4-3-5-7-8/h3-7,11H,1,10H2,2H3. The first-order chi connectivity index (χ1) is 6.31. The summed E-state index contributed by atoms with van der Waals surface area (Å²) in [7, 11) is -3.37. The smallest absolute Gasteiger partial charge is 0.210 e. The summed E-state index contributed by atoms with van der Waals surface area (Å²) in [5.74, 6) is 0. The van der Waals surface area contributed by atoms with E-state index in [9.17, 15) is 8.42 Å². The van der Waals surface area contributed by atoms with Crippen LogP contribution in [0.3, 0.4) is 0 Å². The lowest BCUT2D eigenvalue weighted by Crippen LogP contribution is -2.50. The van der Waals surface area contributed by atoms with E-state index in [1.165, 1.54) is 0 Å². The molecule has 0 aromatic heterocycles. The summed E-state index contributed by atoms with van der Waals surface area (Å²) in [5, 5.41) is 0. The Bertz CT molecular complexity index is 398. The molecular formula is C9H13N2O2S. The second-order valence-electron chi connectivity index (χ2n) is 3.21. The van der Waals surface area contributed by atoms with Crippen molar-refractivity contribution in [2.45, 2.75) is 5.66 Å². The zero-order valence-electron chi connectivity index (χ0n) is 7.90. The molecule has 0 aliphatic carbocycles. The number of sulfonamides is 1. The molecule has 1 radical (unpaired) electrons. The Labute approximate surface area is 84.2 Å². The molecule has 0 saturated heterocycles. The Kier molecular flexibility index (Phi) is 2.94. The van der Waals surface area contributed by atoms with Crippen molar-refractivity contribution >= 4 is 10.0 Å². The maximum atomic E-state index is 11.0. The fraction of sp³-hybridized carbons (Fsp3) is 0.222. The third-order valence-electron chi connectivity index (χ3n) is 1.66. The molecule has 0 spiro atoms. The van der Waals surface area contributed by atoms with Gasteiger partial charge in [0.15, 0.2) is 0 Å². The van der Waals surface area contributed by atoms with E-state index in [0.29, 0.717) is 5.56 Å². The molecule has 1 aromatic rings. The highest BCUT2D eigenvalue weighted by atomic mass is 32.2. The lowest BCUT2D eigenvalue weighted by atomic mass is 10.0. The largest absolute Gasteiger partial charge is 0.309 e. The minimum Gasteiger partial charge on any atom is -0.309 e. The summed E-state index contributed by atoms with van der Waals surface area (Å²) in [6, 6.07) is 8.79.